The van der Waals surface area contributed by atoms with Gasteiger partial charge in [0.15, 0.2) is 0 Å². The van der Waals surface area contributed by atoms with Crippen molar-refractivity contribution >= 4 is 23.5 Å². The largest absolute Gasteiger partial charge is 0.490 e. The second-order valence-corrected chi connectivity index (χ2v) is 10.9. The molecule has 0 saturated carbocycles. The number of rotatable bonds is 7. The number of alkyl halides is 3. The number of esters is 1. The number of nitrogens with zero attached hydrogens (tertiary/aromatic N) is 5. The molecule has 1 aromatic carbocycles. The van der Waals surface area contributed by atoms with E-state index in [0.29, 0.717) is 37.2 Å². The highest BCUT2D eigenvalue weighted by Crippen LogP contribution is 2.28. The van der Waals surface area contributed by atoms with Gasteiger partial charge in [0.05, 0.1) is 12.7 Å². The summed E-state index contributed by atoms with van der Waals surface area (Å²) in [5.41, 5.74) is 1.19. The van der Waals surface area contributed by atoms with Gasteiger partial charge in [-0.15, -0.1) is 0 Å². The molecule has 3 saturated heterocycles. The van der Waals surface area contributed by atoms with Crippen LogP contribution < -0.4 is 4.90 Å². The molecule has 39 heavy (non-hydrogen) atoms. The Morgan fingerprint density at radius 3 is 2.46 bits per heavy atom. The molecule has 3 fully saturated rings. The molecule has 3 aliphatic rings. The van der Waals surface area contributed by atoms with Crippen molar-refractivity contribution in [1.82, 2.24) is 19.8 Å². The van der Waals surface area contributed by atoms with Gasteiger partial charge in [0, 0.05) is 68.8 Å². The van der Waals surface area contributed by atoms with Crippen LogP contribution in [0.15, 0.2) is 42.7 Å². The van der Waals surface area contributed by atoms with E-state index in [0.717, 1.165) is 44.8 Å². The van der Waals surface area contributed by atoms with E-state index in [-0.39, 0.29) is 18.7 Å². The van der Waals surface area contributed by atoms with Crippen molar-refractivity contribution in [1.29, 1.82) is 0 Å². The monoisotopic (exact) mass is 567 g/mol. The van der Waals surface area contributed by atoms with Gasteiger partial charge >= 0.3 is 12.1 Å². The SMILES string of the molecule is O=C(O[C@H]1CCN(C[C@H]2CN(C3CCN(c4ncccn4)CC3)[C@@H](Cc3ccc(Cl)cc3)CO2)C1)C(F)(F)F. The van der Waals surface area contributed by atoms with Crippen LogP contribution in [-0.4, -0.2) is 102 Å². The highest BCUT2D eigenvalue weighted by molar-refractivity contribution is 6.30. The van der Waals surface area contributed by atoms with Gasteiger partial charge in [0.25, 0.3) is 0 Å². The molecule has 5 rings (SSSR count). The van der Waals surface area contributed by atoms with Crippen LogP contribution >= 0.6 is 11.6 Å². The average molecular weight is 568 g/mol. The number of carbonyl (C=O) groups excluding carboxylic acids is 1. The lowest BCUT2D eigenvalue weighted by Crippen LogP contribution is -2.58. The molecule has 0 radical (unpaired) electrons. The van der Waals surface area contributed by atoms with Crippen LogP contribution in [0, 0.1) is 0 Å². The Balaban J connectivity index is 1.21. The van der Waals surface area contributed by atoms with Gasteiger partial charge in [-0.2, -0.15) is 13.2 Å². The highest BCUT2D eigenvalue weighted by Gasteiger charge is 2.43. The van der Waals surface area contributed by atoms with E-state index < -0.39 is 18.2 Å². The third-order valence-electron chi connectivity index (χ3n) is 7.76. The predicted octanol–water partition coefficient (Wildman–Crippen LogP) is 3.59. The van der Waals surface area contributed by atoms with Gasteiger partial charge in [-0.1, -0.05) is 23.7 Å². The first-order chi connectivity index (χ1) is 18.7. The van der Waals surface area contributed by atoms with E-state index >= 15 is 0 Å². The summed E-state index contributed by atoms with van der Waals surface area (Å²) in [6.07, 6.45) is 0.888. The van der Waals surface area contributed by atoms with Crippen molar-refractivity contribution < 1.29 is 27.4 Å². The number of benzene rings is 1. The Labute approximate surface area is 231 Å². The fraction of sp³-hybridized carbons (Fsp3) is 0.593. The molecule has 1 aromatic heterocycles. The van der Waals surface area contributed by atoms with Gasteiger partial charge in [-0.25, -0.2) is 14.8 Å². The summed E-state index contributed by atoms with van der Waals surface area (Å²) < 4.78 is 48.8. The van der Waals surface area contributed by atoms with Crippen LogP contribution in [0.25, 0.3) is 0 Å². The maximum absolute atomic E-state index is 12.6. The Kier molecular flexibility index (Phi) is 8.90. The number of aromatic nitrogens is 2. The van der Waals surface area contributed by atoms with Crippen molar-refractivity contribution in [2.24, 2.45) is 0 Å². The number of ether oxygens (including phenoxy) is 2. The molecule has 0 unspecified atom stereocenters. The quantitative estimate of drug-likeness (QED) is 0.470. The molecule has 3 aliphatic heterocycles. The second-order valence-electron chi connectivity index (χ2n) is 10.5. The summed E-state index contributed by atoms with van der Waals surface area (Å²) in [5, 5.41) is 0.705. The average Bonchev–Trinajstić information content (AvgIpc) is 3.37. The van der Waals surface area contributed by atoms with Crippen molar-refractivity contribution in [2.45, 2.75) is 56.2 Å². The van der Waals surface area contributed by atoms with Crippen LogP contribution in [0.4, 0.5) is 19.1 Å². The zero-order valence-corrected chi connectivity index (χ0v) is 22.4. The zero-order chi connectivity index (χ0) is 27.4. The van der Waals surface area contributed by atoms with E-state index in [1.165, 1.54) is 5.56 Å². The van der Waals surface area contributed by atoms with Crippen LogP contribution in [-0.2, 0) is 20.7 Å². The molecule has 212 valence electrons. The Bertz CT molecular complexity index is 1090. The van der Waals surface area contributed by atoms with Crippen molar-refractivity contribution in [3.8, 4) is 0 Å². The lowest BCUT2D eigenvalue weighted by molar-refractivity contribution is -0.204. The molecule has 0 bridgehead atoms. The van der Waals surface area contributed by atoms with Gasteiger partial charge in [-0.05, 0) is 49.4 Å². The Morgan fingerprint density at radius 2 is 1.77 bits per heavy atom. The van der Waals surface area contributed by atoms with Crippen molar-refractivity contribution in [3.05, 3.63) is 53.3 Å². The first kappa shape index (κ1) is 28.1. The Morgan fingerprint density at radius 1 is 1.05 bits per heavy atom. The predicted molar refractivity (Wildman–Crippen MR) is 140 cm³/mol. The molecule has 0 amide bonds. The molecule has 2 aromatic rings. The topological polar surface area (TPSA) is 71.0 Å². The van der Waals surface area contributed by atoms with E-state index in [2.05, 4.69) is 36.6 Å². The summed E-state index contributed by atoms with van der Waals surface area (Å²) in [5.74, 6) is -1.37. The lowest BCUT2D eigenvalue weighted by atomic mass is 9.96. The second kappa shape index (κ2) is 12.4. The van der Waals surface area contributed by atoms with Gasteiger partial charge < -0.3 is 14.4 Å². The van der Waals surface area contributed by atoms with Gasteiger partial charge in [0.1, 0.15) is 6.10 Å². The van der Waals surface area contributed by atoms with E-state index in [9.17, 15) is 18.0 Å². The molecule has 12 heteroatoms. The van der Waals surface area contributed by atoms with E-state index in [1.54, 1.807) is 12.4 Å². The third kappa shape index (κ3) is 7.39. The van der Waals surface area contributed by atoms with Gasteiger partial charge in [-0.3, -0.25) is 9.80 Å². The maximum Gasteiger partial charge on any atom is 0.490 e. The standard InChI is InChI=1S/C27H33ClF3N5O3/c28-20-4-2-19(3-5-20)14-22-18-38-24(16-34-11-8-23(15-34)39-25(37)27(29,30)31)17-36(22)21-6-12-35(13-7-21)26-32-9-1-10-33-26/h1-5,9-10,21-24H,6-8,11-18H2/t22-,23-,24-/m0/s1. The number of morpholine rings is 1. The molecule has 0 N–H and O–H groups in total. The highest BCUT2D eigenvalue weighted by atomic mass is 35.5. The summed E-state index contributed by atoms with van der Waals surface area (Å²) in [6, 6.07) is 10.3. The number of hydrogen-bond donors (Lipinski definition) is 0. The van der Waals surface area contributed by atoms with Crippen LogP contribution in [0.3, 0.4) is 0 Å². The Hall–Kier alpha value is -2.47. The maximum atomic E-state index is 12.6. The first-order valence-corrected chi connectivity index (χ1v) is 13.8. The lowest BCUT2D eigenvalue weighted by Gasteiger charge is -2.47. The minimum absolute atomic E-state index is 0.0842. The number of anilines is 1. The fourth-order valence-electron chi connectivity index (χ4n) is 5.82. The number of piperidine rings is 1. The van der Waals surface area contributed by atoms with Crippen molar-refractivity contribution in [2.75, 3.05) is 50.8 Å². The van der Waals surface area contributed by atoms with E-state index in [1.807, 2.05) is 23.1 Å². The minimum atomic E-state index is -4.97. The normalized spacial score (nSPS) is 25.6. The van der Waals surface area contributed by atoms with Gasteiger partial charge in [0.2, 0.25) is 5.95 Å². The zero-order valence-electron chi connectivity index (χ0n) is 21.6. The molecule has 3 atom stereocenters. The van der Waals surface area contributed by atoms with Crippen LogP contribution in [0.2, 0.25) is 5.02 Å². The third-order valence-corrected chi connectivity index (χ3v) is 8.01. The smallest absolute Gasteiger partial charge is 0.454 e. The van der Waals surface area contributed by atoms with Crippen LogP contribution in [0.5, 0.6) is 0 Å². The molecular weight excluding hydrogens is 535 g/mol. The fourth-order valence-corrected chi connectivity index (χ4v) is 5.95. The number of carbonyl (C=O) groups is 1. The molecular formula is C27H33ClF3N5O3. The number of hydrogen-bond acceptors (Lipinski definition) is 8. The summed E-state index contributed by atoms with van der Waals surface area (Å²) >= 11 is 6.09. The number of likely N-dealkylation sites (tertiary alicyclic amines) is 1. The summed E-state index contributed by atoms with van der Waals surface area (Å²) in [7, 11) is 0. The molecule has 0 spiro atoms. The first-order valence-electron chi connectivity index (χ1n) is 13.4. The van der Waals surface area contributed by atoms with E-state index in [4.69, 9.17) is 16.3 Å². The van der Waals surface area contributed by atoms with Crippen molar-refractivity contribution in [3.63, 3.8) is 0 Å². The molecule has 4 heterocycles. The van der Waals surface area contributed by atoms with Crippen LogP contribution in [0.1, 0.15) is 24.8 Å². The number of halogens is 4. The molecule has 0 aliphatic carbocycles. The minimum Gasteiger partial charge on any atom is -0.454 e. The summed E-state index contributed by atoms with van der Waals surface area (Å²) in [4.78, 5) is 26.8. The molecule has 8 nitrogen and oxygen atoms in total. The summed E-state index contributed by atoms with van der Waals surface area (Å²) in [6.45, 7) is 4.46.